The van der Waals surface area contributed by atoms with Gasteiger partial charge in [0.25, 0.3) is 5.91 Å². The summed E-state index contributed by atoms with van der Waals surface area (Å²) >= 11 is 0. The van der Waals surface area contributed by atoms with Gasteiger partial charge in [0.1, 0.15) is 5.82 Å². The number of pyridine rings is 1. The second-order valence-electron chi connectivity index (χ2n) is 6.55. The van der Waals surface area contributed by atoms with Crippen LogP contribution in [0.15, 0.2) is 60.8 Å². The third kappa shape index (κ3) is 4.99. The lowest BCUT2D eigenvalue weighted by molar-refractivity contribution is 0.0526. The van der Waals surface area contributed by atoms with Crippen LogP contribution in [0.1, 0.15) is 38.8 Å². The van der Waals surface area contributed by atoms with Crippen molar-refractivity contribution in [3.8, 4) is 0 Å². The first kappa shape index (κ1) is 20.1. The van der Waals surface area contributed by atoms with Crippen molar-refractivity contribution in [3.05, 3.63) is 83.0 Å². The highest BCUT2D eigenvalue weighted by Crippen LogP contribution is 2.22. The molecule has 0 bridgehead atoms. The van der Waals surface area contributed by atoms with Crippen LogP contribution in [-0.4, -0.2) is 23.5 Å². The number of ether oxygens (including phenoxy) is 1. The molecule has 1 heterocycles. The predicted octanol–water partition coefficient (Wildman–Crippen LogP) is 4.87. The average molecular weight is 389 g/mol. The number of amides is 1. The Bertz CT molecular complexity index is 1030. The number of carbonyl (C=O) groups is 2. The van der Waals surface area contributed by atoms with E-state index >= 15 is 0 Å². The molecule has 6 heteroatoms. The van der Waals surface area contributed by atoms with Crippen LogP contribution < -0.4 is 10.6 Å². The molecule has 2 N–H and O–H groups in total. The van der Waals surface area contributed by atoms with Gasteiger partial charge in [0, 0.05) is 23.1 Å². The van der Waals surface area contributed by atoms with Gasteiger partial charge in [0.2, 0.25) is 0 Å². The lowest BCUT2D eigenvalue weighted by atomic mass is 10.1. The Kier molecular flexibility index (Phi) is 6.24. The molecule has 0 fully saturated rings. The van der Waals surface area contributed by atoms with E-state index in [1.165, 1.54) is 5.56 Å². The number of aryl methyl sites for hydroxylation is 1. The molecule has 2 aromatic carbocycles. The quantitative estimate of drug-likeness (QED) is 0.588. The maximum atomic E-state index is 12.6. The van der Waals surface area contributed by atoms with Gasteiger partial charge in [0.05, 0.1) is 12.2 Å². The van der Waals surface area contributed by atoms with Crippen molar-refractivity contribution in [1.29, 1.82) is 0 Å². The second kappa shape index (κ2) is 9.01. The molecule has 3 aromatic rings. The molecule has 0 unspecified atom stereocenters. The lowest BCUT2D eigenvalue weighted by Crippen LogP contribution is -2.13. The fourth-order valence-electron chi connectivity index (χ4n) is 2.77. The molecule has 0 saturated heterocycles. The summed E-state index contributed by atoms with van der Waals surface area (Å²) in [6, 6.07) is 15.9. The van der Waals surface area contributed by atoms with Crippen molar-refractivity contribution >= 4 is 29.1 Å². The number of aromatic nitrogens is 1. The standard InChI is InChI=1S/C23H23N3O3/c1-4-29-23(28)17-8-10-19(11-9-17)25-22(27)18-12-13-24-21(14-18)26-20-7-5-6-15(2)16(20)3/h5-14H,4H2,1-3H3,(H,24,26)(H,25,27). The Morgan fingerprint density at radius 1 is 1.00 bits per heavy atom. The third-order valence-electron chi connectivity index (χ3n) is 4.54. The fraction of sp³-hybridized carbons (Fsp3) is 0.174. The number of rotatable bonds is 6. The van der Waals surface area contributed by atoms with Gasteiger partial charge in [-0.25, -0.2) is 9.78 Å². The first-order valence-corrected chi connectivity index (χ1v) is 9.35. The Balaban J connectivity index is 1.71. The number of anilines is 3. The van der Waals surface area contributed by atoms with Gasteiger partial charge in [-0.1, -0.05) is 12.1 Å². The van der Waals surface area contributed by atoms with Gasteiger partial charge in [-0.2, -0.15) is 0 Å². The smallest absolute Gasteiger partial charge is 0.338 e. The highest BCUT2D eigenvalue weighted by atomic mass is 16.5. The Hall–Kier alpha value is -3.67. The topological polar surface area (TPSA) is 80.3 Å². The normalized spacial score (nSPS) is 10.3. The van der Waals surface area contributed by atoms with Crippen molar-refractivity contribution in [2.75, 3.05) is 17.2 Å². The van der Waals surface area contributed by atoms with Crippen LogP contribution in [0.3, 0.4) is 0 Å². The number of esters is 1. The summed E-state index contributed by atoms with van der Waals surface area (Å²) in [6.45, 7) is 6.15. The second-order valence-corrected chi connectivity index (χ2v) is 6.55. The summed E-state index contributed by atoms with van der Waals surface area (Å²) in [5.41, 5.74) is 4.76. The highest BCUT2D eigenvalue weighted by molar-refractivity contribution is 6.05. The zero-order valence-corrected chi connectivity index (χ0v) is 16.7. The number of nitrogens with one attached hydrogen (secondary N) is 2. The van der Waals surface area contributed by atoms with E-state index in [0.29, 0.717) is 29.2 Å². The SMILES string of the molecule is CCOC(=O)c1ccc(NC(=O)c2ccnc(Nc3cccc(C)c3C)c2)cc1. The summed E-state index contributed by atoms with van der Waals surface area (Å²) in [5.74, 6) is -0.0639. The van der Waals surface area contributed by atoms with E-state index in [9.17, 15) is 9.59 Å². The number of hydrogen-bond acceptors (Lipinski definition) is 5. The monoisotopic (exact) mass is 389 g/mol. The van der Waals surface area contributed by atoms with Crippen LogP contribution >= 0.6 is 0 Å². The molecule has 0 aliphatic heterocycles. The minimum atomic E-state index is -0.387. The minimum absolute atomic E-state index is 0.264. The zero-order chi connectivity index (χ0) is 20.8. The number of benzene rings is 2. The first-order valence-electron chi connectivity index (χ1n) is 9.35. The summed E-state index contributed by atoms with van der Waals surface area (Å²) < 4.78 is 4.96. The van der Waals surface area contributed by atoms with Crippen LogP contribution in [0.25, 0.3) is 0 Å². The summed E-state index contributed by atoms with van der Waals surface area (Å²) in [6.07, 6.45) is 1.59. The lowest BCUT2D eigenvalue weighted by Gasteiger charge is -2.12. The van der Waals surface area contributed by atoms with Crippen LogP contribution in [0.2, 0.25) is 0 Å². The minimum Gasteiger partial charge on any atom is -0.462 e. The molecule has 0 saturated carbocycles. The van der Waals surface area contributed by atoms with Crippen molar-refractivity contribution < 1.29 is 14.3 Å². The molecule has 0 radical (unpaired) electrons. The van der Waals surface area contributed by atoms with Crippen molar-refractivity contribution in [2.45, 2.75) is 20.8 Å². The average Bonchev–Trinajstić information content (AvgIpc) is 2.72. The number of nitrogens with zero attached hydrogens (tertiary/aromatic N) is 1. The predicted molar refractivity (Wildman–Crippen MR) is 114 cm³/mol. The van der Waals surface area contributed by atoms with Crippen molar-refractivity contribution in [1.82, 2.24) is 4.98 Å². The molecular formula is C23H23N3O3. The van der Waals surface area contributed by atoms with Gasteiger partial charge in [-0.3, -0.25) is 4.79 Å². The summed E-state index contributed by atoms with van der Waals surface area (Å²) in [4.78, 5) is 28.6. The van der Waals surface area contributed by atoms with Crippen LogP contribution in [0, 0.1) is 13.8 Å². The Morgan fingerprint density at radius 2 is 1.76 bits per heavy atom. The fourth-order valence-corrected chi connectivity index (χ4v) is 2.77. The van der Waals surface area contributed by atoms with E-state index in [1.54, 1.807) is 49.5 Å². The first-order chi connectivity index (χ1) is 14.0. The van der Waals surface area contributed by atoms with E-state index < -0.39 is 0 Å². The Morgan fingerprint density at radius 3 is 2.48 bits per heavy atom. The number of hydrogen-bond donors (Lipinski definition) is 2. The molecule has 148 valence electrons. The molecule has 1 amide bonds. The van der Waals surface area contributed by atoms with Crippen molar-refractivity contribution in [2.24, 2.45) is 0 Å². The van der Waals surface area contributed by atoms with Crippen molar-refractivity contribution in [3.63, 3.8) is 0 Å². The van der Waals surface area contributed by atoms with Crippen LogP contribution in [0.4, 0.5) is 17.2 Å². The van der Waals surface area contributed by atoms with E-state index in [2.05, 4.69) is 15.6 Å². The van der Waals surface area contributed by atoms with E-state index in [1.807, 2.05) is 32.0 Å². The molecule has 0 atom stereocenters. The van der Waals surface area contributed by atoms with Gasteiger partial charge in [-0.15, -0.1) is 0 Å². The summed E-state index contributed by atoms with van der Waals surface area (Å²) in [7, 11) is 0. The van der Waals surface area contributed by atoms with Crippen LogP contribution in [0.5, 0.6) is 0 Å². The Labute approximate surface area is 169 Å². The van der Waals surface area contributed by atoms with Gasteiger partial charge >= 0.3 is 5.97 Å². The largest absolute Gasteiger partial charge is 0.462 e. The summed E-state index contributed by atoms with van der Waals surface area (Å²) in [5, 5.41) is 6.08. The molecular weight excluding hydrogens is 366 g/mol. The van der Waals surface area contributed by atoms with E-state index in [0.717, 1.165) is 11.3 Å². The van der Waals surface area contributed by atoms with E-state index in [-0.39, 0.29) is 11.9 Å². The molecule has 0 spiro atoms. The molecule has 0 aliphatic rings. The van der Waals surface area contributed by atoms with Gasteiger partial charge in [0.15, 0.2) is 0 Å². The number of carbonyl (C=O) groups excluding carboxylic acids is 2. The van der Waals surface area contributed by atoms with Gasteiger partial charge < -0.3 is 15.4 Å². The van der Waals surface area contributed by atoms with Crippen LogP contribution in [-0.2, 0) is 4.74 Å². The zero-order valence-electron chi connectivity index (χ0n) is 16.7. The molecule has 29 heavy (non-hydrogen) atoms. The maximum Gasteiger partial charge on any atom is 0.338 e. The molecule has 1 aromatic heterocycles. The maximum absolute atomic E-state index is 12.6. The highest BCUT2D eigenvalue weighted by Gasteiger charge is 2.10. The van der Waals surface area contributed by atoms with Gasteiger partial charge in [-0.05, 0) is 74.4 Å². The van der Waals surface area contributed by atoms with E-state index in [4.69, 9.17) is 4.74 Å². The third-order valence-corrected chi connectivity index (χ3v) is 4.54. The molecule has 0 aliphatic carbocycles. The molecule has 6 nitrogen and oxygen atoms in total. The molecule has 3 rings (SSSR count).